The van der Waals surface area contributed by atoms with E-state index < -0.39 is 6.17 Å². The fraction of sp³-hybridized carbons (Fsp3) is 0.500. The molecule has 0 aromatic heterocycles. The molecule has 0 spiro atoms. The molecule has 0 saturated heterocycles. The molecule has 1 aromatic carbocycles. The first-order valence-corrected chi connectivity index (χ1v) is 5.40. The Balaban J connectivity index is 2.18. The van der Waals surface area contributed by atoms with Crippen LogP contribution in [0.4, 0.5) is 4.39 Å². The van der Waals surface area contributed by atoms with Crippen molar-refractivity contribution in [3.05, 3.63) is 34.9 Å². The molecule has 2 rings (SSSR count). The molecular weight excluding hydrogens is 199 g/mol. The smallest absolute Gasteiger partial charge is 0.0982 e. The van der Waals surface area contributed by atoms with Gasteiger partial charge in [-0.3, -0.25) is 0 Å². The first-order valence-electron chi connectivity index (χ1n) is 5.02. The van der Waals surface area contributed by atoms with Crippen LogP contribution in [0.25, 0.3) is 0 Å². The van der Waals surface area contributed by atoms with Crippen molar-refractivity contribution >= 4 is 11.6 Å². The third-order valence-corrected chi connectivity index (χ3v) is 3.23. The van der Waals surface area contributed by atoms with Crippen molar-refractivity contribution in [2.75, 3.05) is 0 Å². The molecule has 1 saturated carbocycles. The summed E-state index contributed by atoms with van der Waals surface area (Å²) in [6, 6.07) is 7.83. The van der Waals surface area contributed by atoms with E-state index in [9.17, 15) is 4.39 Å². The zero-order valence-electron chi connectivity index (χ0n) is 8.26. The van der Waals surface area contributed by atoms with Gasteiger partial charge in [0.2, 0.25) is 0 Å². The Labute approximate surface area is 89.1 Å². The maximum absolute atomic E-state index is 13.0. The lowest BCUT2D eigenvalue weighted by atomic mass is 9.91. The summed E-state index contributed by atoms with van der Waals surface area (Å²) in [6.45, 7) is 1.63. The fourth-order valence-corrected chi connectivity index (χ4v) is 2.23. The van der Waals surface area contributed by atoms with E-state index in [0.717, 1.165) is 17.9 Å². The summed E-state index contributed by atoms with van der Waals surface area (Å²) in [6.07, 6.45) is 2.16. The van der Waals surface area contributed by atoms with E-state index in [0.29, 0.717) is 6.42 Å². The minimum Gasteiger partial charge on any atom is -0.248 e. The lowest BCUT2D eigenvalue weighted by molar-refractivity contribution is 0.311. The van der Waals surface area contributed by atoms with Crippen LogP contribution in [-0.2, 0) is 5.41 Å². The zero-order valence-corrected chi connectivity index (χ0v) is 9.02. The summed E-state index contributed by atoms with van der Waals surface area (Å²) in [5.41, 5.74) is 1.37. The van der Waals surface area contributed by atoms with Crippen molar-refractivity contribution in [2.24, 2.45) is 0 Å². The van der Waals surface area contributed by atoms with Crippen LogP contribution in [0.3, 0.4) is 0 Å². The maximum Gasteiger partial charge on any atom is 0.0982 e. The van der Waals surface area contributed by atoms with E-state index >= 15 is 0 Å². The molecule has 1 aliphatic rings. The third kappa shape index (κ3) is 1.93. The fourth-order valence-electron chi connectivity index (χ4n) is 2.10. The highest BCUT2D eigenvalue weighted by Crippen LogP contribution is 2.52. The van der Waals surface area contributed by atoms with E-state index in [-0.39, 0.29) is 5.41 Å². The Morgan fingerprint density at radius 3 is 2.36 bits per heavy atom. The van der Waals surface area contributed by atoms with Crippen molar-refractivity contribution in [1.29, 1.82) is 0 Å². The van der Waals surface area contributed by atoms with Gasteiger partial charge in [-0.05, 0) is 49.3 Å². The molecule has 0 nitrogen and oxygen atoms in total. The SMILES string of the molecule is C[C@H](F)CC1(c2ccc(Cl)cc2)CC1. The molecule has 1 aliphatic carbocycles. The normalized spacial score (nSPS) is 20.5. The van der Waals surface area contributed by atoms with Crippen molar-refractivity contribution in [2.45, 2.75) is 37.8 Å². The van der Waals surface area contributed by atoms with Gasteiger partial charge in [-0.25, -0.2) is 4.39 Å². The lowest BCUT2D eigenvalue weighted by Crippen LogP contribution is -2.11. The average molecular weight is 213 g/mol. The number of rotatable bonds is 3. The Morgan fingerprint density at radius 1 is 1.36 bits per heavy atom. The van der Waals surface area contributed by atoms with E-state index in [1.54, 1.807) is 6.92 Å². The quantitative estimate of drug-likeness (QED) is 0.707. The monoisotopic (exact) mass is 212 g/mol. The molecule has 0 heterocycles. The molecule has 76 valence electrons. The van der Waals surface area contributed by atoms with Crippen LogP contribution in [0.15, 0.2) is 24.3 Å². The zero-order chi connectivity index (χ0) is 10.2. The predicted octanol–water partition coefficient (Wildman–Crippen LogP) is 4.12. The van der Waals surface area contributed by atoms with Gasteiger partial charge < -0.3 is 0 Å². The summed E-state index contributed by atoms with van der Waals surface area (Å²) in [5, 5.41) is 0.748. The number of halogens is 2. The van der Waals surface area contributed by atoms with Gasteiger partial charge in [0.05, 0.1) is 6.17 Å². The number of alkyl halides is 1. The van der Waals surface area contributed by atoms with Crippen molar-refractivity contribution in [3.63, 3.8) is 0 Å². The van der Waals surface area contributed by atoms with Crippen molar-refractivity contribution < 1.29 is 4.39 Å². The largest absolute Gasteiger partial charge is 0.248 e. The Morgan fingerprint density at radius 2 is 1.93 bits per heavy atom. The molecule has 1 aromatic rings. The van der Waals surface area contributed by atoms with Crippen LogP contribution in [0.5, 0.6) is 0 Å². The molecule has 0 aliphatic heterocycles. The predicted molar refractivity (Wildman–Crippen MR) is 57.6 cm³/mol. The van der Waals surface area contributed by atoms with E-state index in [4.69, 9.17) is 11.6 Å². The summed E-state index contributed by atoms with van der Waals surface area (Å²) in [4.78, 5) is 0. The van der Waals surface area contributed by atoms with Crippen molar-refractivity contribution in [3.8, 4) is 0 Å². The molecule has 0 radical (unpaired) electrons. The summed E-state index contributed by atoms with van der Waals surface area (Å²) < 4.78 is 13.0. The van der Waals surface area contributed by atoms with Gasteiger partial charge in [-0.2, -0.15) is 0 Å². The minimum absolute atomic E-state index is 0.124. The van der Waals surface area contributed by atoms with Crippen molar-refractivity contribution in [1.82, 2.24) is 0 Å². The van der Waals surface area contributed by atoms with Crippen LogP contribution in [-0.4, -0.2) is 6.17 Å². The topological polar surface area (TPSA) is 0 Å². The van der Waals surface area contributed by atoms with Gasteiger partial charge in [-0.15, -0.1) is 0 Å². The molecule has 14 heavy (non-hydrogen) atoms. The first kappa shape index (κ1) is 9.97. The highest BCUT2D eigenvalue weighted by molar-refractivity contribution is 6.30. The number of hydrogen-bond acceptors (Lipinski definition) is 0. The maximum atomic E-state index is 13.0. The molecule has 2 heteroatoms. The lowest BCUT2D eigenvalue weighted by Gasteiger charge is -2.16. The van der Waals surface area contributed by atoms with Gasteiger partial charge in [0.1, 0.15) is 0 Å². The standard InChI is InChI=1S/C12H14ClF/c1-9(14)8-12(6-7-12)10-2-4-11(13)5-3-10/h2-5,9H,6-8H2,1H3/t9-/m0/s1. The number of hydrogen-bond donors (Lipinski definition) is 0. The van der Waals surface area contributed by atoms with Gasteiger partial charge >= 0.3 is 0 Å². The first-order chi connectivity index (χ1) is 6.62. The molecule has 1 atom stereocenters. The third-order valence-electron chi connectivity index (χ3n) is 2.98. The Hall–Kier alpha value is -0.560. The van der Waals surface area contributed by atoms with Crippen LogP contribution >= 0.6 is 11.6 Å². The second-order valence-corrected chi connectivity index (χ2v) is 4.71. The van der Waals surface area contributed by atoms with Gasteiger partial charge in [-0.1, -0.05) is 23.7 Å². The highest BCUT2D eigenvalue weighted by atomic mass is 35.5. The van der Waals surface area contributed by atoms with Crippen LogP contribution in [0, 0.1) is 0 Å². The van der Waals surface area contributed by atoms with E-state index in [1.807, 2.05) is 24.3 Å². The van der Waals surface area contributed by atoms with E-state index in [1.165, 1.54) is 5.56 Å². The molecule has 0 N–H and O–H groups in total. The second-order valence-electron chi connectivity index (χ2n) is 4.27. The van der Waals surface area contributed by atoms with Crippen LogP contribution < -0.4 is 0 Å². The van der Waals surface area contributed by atoms with Gasteiger partial charge in [0.15, 0.2) is 0 Å². The van der Waals surface area contributed by atoms with Gasteiger partial charge in [0.25, 0.3) is 0 Å². The summed E-state index contributed by atoms with van der Waals surface area (Å²) in [5.74, 6) is 0. The minimum atomic E-state index is -0.715. The van der Waals surface area contributed by atoms with E-state index in [2.05, 4.69) is 0 Å². The molecule has 0 unspecified atom stereocenters. The Bertz CT molecular complexity index is 312. The molecule has 0 amide bonds. The second kappa shape index (κ2) is 3.54. The number of benzene rings is 1. The summed E-state index contributed by atoms with van der Waals surface area (Å²) in [7, 11) is 0. The van der Waals surface area contributed by atoms with Crippen LogP contribution in [0.1, 0.15) is 31.7 Å². The molecule has 0 bridgehead atoms. The molecular formula is C12H14ClF. The Kier molecular flexibility index (Phi) is 2.52. The van der Waals surface area contributed by atoms with Gasteiger partial charge in [0, 0.05) is 5.02 Å². The van der Waals surface area contributed by atoms with Crippen LogP contribution in [0.2, 0.25) is 5.02 Å². The highest BCUT2D eigenvalue weighted by Gasteiger charge is 2.44. The summed E-state index contributed by atoms with van der Waals surface area (Å²) >= 11 is 5.81. The average Bonchev–Trinajstić information content (AvgIpc) is 2.85. The molecule has 1 fully saturated rings.